The summed E-state index contributed by atoms with van der Waals surface area (Å²) < 4.78 is 0. The van der Waals surface area contributed by atoms with E-state index in [0.717, 1.165) is 12.5 Å². The molecule has 2 aliphatic carbocycles. The molecular formula is C15H18N2. The van der Waals surface area contributed by atoms with E-state index in [2.05, 4.69) is 34.6 Å². The third kappa shape index (κ3) is 1.43. The second-order valence-electron chi connectivity index (χ2n) is 5.89. The number of fused-ring (bicyclic) bond motifs is 1. The van der Waals surface area contributed by atoms with Gasteiger partial charge in [0.15, 0.2) is 0 Å². The van der Waals surface area contributed by atoms with Gasteiger partial charge in [0.1, 0.15) is 0 Å². The molecule has 1 aromatic carbocycles. The maximum atomic E-state index is 4.31. The summed E-state index contributed by atoms with van der Waals surface area (Å²) in [5.74, 6) is 0.860. The third-order valence-electron chi connectivity index (χ3n) is 4.97. The van der Waals surface area contributed by atoms with Crippen LogP contribution in [-0.2, 0) is 12.8 Å². The van der Waals surface area contributed by atoms with Crippen LogP contribution in [0.15, 0.2) is 29.3 Å². The average Bonchev–Trinajstić information content (AvgIpc) is 2.83. The van der Waals surface area contributed by atoms with Crippen LogP contribution in [0.3, 0.4) is 0 Å². The Morgan fingerprint density at radius 3 is 2.94 bits per heavy atom. The predicted octanol–water partition coefficient (Wildman–Crippen LogP) is 2.18. The molecule has 2 nitrogen and oxygen atoms in total. The first-order chi connectivity index (χ1) is 8.37. The van der Waals surface area contributed by atoms with Crippen molar-refractivity contribution >= 4 is 6.34 Å². The summed E-state index contributed by atoms with van der Waals surface area (Å²) in [4.78, 5) is 4.31. The van der Waals surface area contributed by atoms with Crippen molar-refractivity contribution in [2.75, 3.05) is 6.54 Å². The molecule has 0 aromatic heterocycles. The Kier molecular flexibility index (Phi) is 1.91. The maximum absolute atomic E-state index is 4.31. The highest BCUT2D eigenvalue weighted by Gasteiger charge is 2.57. The summed E-state index contributed by atoms with van der Waals surface area (Å²) in [5.41, 5.74) is 3.79. The summed E-state index contributed by atoms with van der Waals surface area (Å²) in [5, 5.41) is 3.42. The van der Waals surface area contributed by atoms with Gasteiger partial charge in [0.05, 0.1) is 12.9 Å². The number of aryl methyl sites for hydroxylation is 1. The van der Waals surface area contributed by atoms with Crippen molar-refractivity contribution in [2.24, 2.45) is 16.3 Å². The van der Waals surface area contributed by atoms with E-state index in [1.807, 2.05) is 6.34 Å². The first-order valence-electron chi connectivity index (χ1n) is 6.69. The topological polar surface area (TPSA) is 24.4 Å². The minimum Gasteiger partial charge on any atom is -0.372 e. The van der Waals surface area contributed by atoms with Crippen LogP contribution in [0.25, 0.3) is 0 Å². The normalized spacial score (nSPS) is 37.9. The number of benzene rings is 1. The van der Waals surface area contributed by atoms with Gasteiger partial charge in [0, 0.05) is 6.04 Å². The van der Waals surface area contributed by atoms with Crippen LogP contribution in [-0.4, -0.2) is 18.9 Å². The largest absolute Gasteiger partial charge is 0.372 e. The van der Waals surface area contributed by atoms with Gasteiger partial charge in [-0.3, -0.25) is 4.99 Å². The fraction of sp³-hybridized carbons (Fsp3) is 0.533. The van der Waals surface area contributed by atoms with Gasteiger partial charge in [-0.05, 0) is 48.1 Å². The van der Waals surface area contributed by atoms with Crippen molar-refractivity contribution < 1.29 is 0 Å². The molecule has 1 aliphatic heterocycles. The summed E-state index contributed by atoms with van der Waals surface area (Å²) in [6, 6.07) is 9.61. The SMILES string of the molecule is C1=NC[C@@H](C2C[C@@]23CCc2ccccc2C3)N1. The van der Waals surface area contributed by atoms with E-state index < -0.39 is 0 Å². The molecule has 3 aliphatic rings. The van der Waals surface area contributed by atoms with Crippen molar-refractivity contribution in [3.8, 4) is 0 Å². The van der Waals surface area contributed by atoms with Gasteiger partial charge >= 0.3 is 0 Å². The molecule has 88 valence electrons. The van der Waals surface area contributed by atoms with E-state index in [-0.39, 0.29) is 0 Å². The minimum atomic E-state index is 0.611. The average molecular weight is 226 g/mol. The van der Waals surface area contributed by atoms with Crippen molar-refractivity contribution in [1.29, 1.82) is 0 Å². The lowest BCUT2D eigenvalue weighted by molar-refractivity contribution is 0.362. The molecule has 0 radical (unpaired) electrons. The van der Waals surface area contributed by atoms with Gasteiger partial charge in [-0.2, -0.15) is 0 Å². The molecule has 1 aromatic rings. The lowest BCUT2D eigenvalue weighted by Crippen LogP contribution is -2.31. The molecular weight excluding hydrogens is 208 g/mol. The molecule has 0 bridgehead atoms. The molecule has 4 rings (SSSR count). The molecule has 0 saturated heterocycles. The van der Waals surface area contributed by atoms with E-state index >= 15 is 0 Å². The second-order valence-corrected chi connectivity index (χ2v) is 5.89. The minimum absolute atomic E-state index is 0.611. The second kappa shape index (κ2) is 3.34. The lowest BCUT2D eigenvalue weighted by Gasteiger charge is -2.27. The Morgan fingerprint density at radius 1 is 1.24 bits per heavy atom. The number of hydrogen-bond acceptors (Lipinski definition) is 2. The van der Waals surface area contributed by atoms with Gasteiger partial charge in [0.2, 0.25) is 0 Å². The first kappa shape index (κ1) is 9.69. The van der Waals surface area contributed by atoms with Crippen LogP contribution in [0.5, 0.6) is 0 Å². The Morgan fingerprint density at radius 2 is 2.12 bits per heavy atom. The highest BCUT2D eigenvalue weighted by Crippen LogP contribution is 2.61. The van der Waals surface area contributed by atoms with E-state index in [9.17, 15) is 0 Å². The fourth-order valence-corrected chi connectivity index (χ4v) is 3.87. The summed E-state index contributed by atoms with van der Waals surface area (Å²) in [6.07, 6.45) is 7.26. The summed E-state index contributed by atoms with van der Waals surface area (Å²) in [7, 11) is 0. The van der Waals surface area contributed by atoms with Gasteiger partial charge in [-0.25, -0.2) is 0 Å². The van der Waals surface area contributed by atoms with Crippen molar-refractivity contribution in [2.45, 2.75) is 31.7 Å². The molecule has 1 spiro atoms. The zero-order chi connectivity index (χ0) is 11.3. The van der Waals surface area contributed by atoms with Crippen molar-refractivity contribution in [3.05, 3.63) is 35.4 Å². The van der Waals surface area contributed by atoms with Crippen LogP contribution in [0.1, 0.15) is 24.0 Å². The Bertz CT molecular complexity index is 472. The van der Waals surface area contributed by atoms with E-state index in [4.69, 9.17) is 0 Å². The number of hydrogen-bond donors (Lipinski definition) is 1. The molecule has 1 heterocycles. The van der Waals surface area contributed by atoms with Crippen LogP contribution in [0.2, 0.25) is 0 Å². The standard InChI is InChI=1S/C15H18N2/c1-2-4-12-7-15(6-5-11(12)3-1)8-13(15)14-9-16-10-17-14/h1-4,10,13-14H,5-9H2,(H,16,17)/t13?,14-,15-/m0/s1. The van der Waals surface area contributed by atoms with Crippen molar-refractivity contribution in [1.82, 2.24) is 5.32 Å². The number of rotatable bonds is 1. The number of nitrogens with one attached hydrogen (secondary N) is 1. The maximum Gasteiger partial charge on any atom is 0.0827 e. The summed E-state index contributed by atoms with van der Waals surface area (Å²) >= 11 is 0. The highest BCUT2D eigenvalue weighted by molar-refractivity contribution is 5.57. The van der Waals surface area contributed by atoms with Gasteiger partial charge in [-0.15, -0.1) is 0 Å². The zero-order valence-corrected chi connectivity index (χ0v) is 10.0. The zero-order valence-electron chi connectivity index (χ0n) is 10.0. The predicted molar refractivity (Wildman–Crippen MR) is 69.3 cm³/mol. The van der Waals surface area contributed by atoms with E-state index in [1.165, 1.54) is 25.7 Å². The smallest absolute Gasteiger partial charge is 0.0827 e. The molecule has 1 saturated carbocycles. The molecule has 1 fully saturated rings. The highest BCUT2D eigenvalue weighted by atomic mass is 15.1. The molecule has 1 unspecified atom stereocenters. The van der Waals surface area contributed by atoms with Gasteiger partial charge in [-0.1, -0.05) is 24.3 Å². The van der Waals surface area contributed by atoms with Crippen LogP contribution < -0.4 is 5.32 Å². The Labute approximate surface area is 102 Å². The van der Waals surface area contributed by atoms with Crippen LogP contribution >= 0.6 is 0 Å². The first-order valence-corrected chi connectivity index (χ1v) is 6.69. The monoisotopic (exact) mass is 226 g/mol. The molecule has 2 heteroatoms. The van der Waals surface area contributed by atoms with Crippen LogP contribution in [0, 0.1) is 11.3 Å². The van der Waals surface area contributed by atoms with E-state index in [0.29, 0.717) is 11.5 Å². The lowest BCUT2D eigenvalue weighted by atomic mass is 9.79. The quantitative estimate of drug-likeness (QED) is 0.780. The number of nitrogens with zero attached hydrogens (tertiary/aromatic N) is 1. The third-order valence-corrected chi connectivity index (χ3v) is 4.97. The Balaban J connectivity index is 1.55. The Hall–Kier alpha value is -1.31. The summed E-state index contributed by atoms with van der Waals surface area (Å²) in [6.45, 7) is 0.994. The fourth-order valence-electron chi connectivity index (χ4n) is 3.87. The molecule has 3 atom stereocenters. The van der Waals surface area contributed by atoms with Crippen molar-refractivity contribution in [3.63, 3.8) is 0 Å². The molecule has 0 amide bonds. The van der Waals surface area contributed by atoms with Gasteiger partial charge in [0.25, 0.3) is 0 Å². The van der Waals surface area contributed by atoms with Gasteiger partial charge < -0.3 is 5.32 Å². The molecule has 17 heavy (non-hydrogen) atoms. The van der Waals surface area contributed by atoms with E-state index in [1.54, 1.807) is 11.1 Å². The van der Waals surface area contributed by atoms with Crippen LogP contribution in [0.4, 0.5) is 0 Å². The molecule has 1 N–H and O–H groups in total. The number of aliphatic imine (C=N–C) groups is 1.